The SMILES string of the molecule is CN(C)c1[c-]cccc1.[Li+]. The van der Waals surface area contributed by atoms with Crippen molar-refractivity contribution in [2.75, 3.05) is 19.0 Å². The van der Waals surface area contributed by atoms with Gasteiger partial charge in [0.05, 0.1) is 0 Å². The zero-order valence-electron chi connectivity index (χ0n) is 6.76. The van der Waals surface area contributed by atoms with E-state index >= 15 is 0 Å². The van der Waals surface area contributed by atoms with Gasteiger partial charge in [0.15, 0.2) is 0 Å². The summed E-state index contributed by atoms with van der Waals surface area (Å²) in [6, 6.07) is 11.0. The molecule has 0 aliphatic carbocycles. The molecule has 10 heavy (non-hydrogen) atoms. The molecule has 1 rings (SSSR count). The summed E-state index contributed by atoms with van der Waals surface area (Å²) in [5.74, 6) is 0. The zero-order valence-corrected chi connectivity index (χ0v) is 6.76. The summed E-state index contributed by atoms with van der Waals surface area (Å²) in [6.45, 7) is 0. The number of hydrogen-bond acceptors (Lipinski definition) is 1. The maximum absolute atomic E-state index is 3.09. The minimum absolute atomic E-state index is 0. The number of para-hydroxylation sites is 1. The largest absolute Gasteiger partial charge is 1.00 e. The third kappa shape index (κ3) is 2.47. The molecular formula is C8H10LiN. The Hall–Kier alpha value is -0.383. The van der Waals surface area contributed by atoms with Gasteiger partial charge in [0.25, 0.3) is 0 Å². The number of benzene rings is 1. The molecule has 2 heteroatoms. The first-order valence-corrected chi connectivity index (χ1v) is 2.95. The summed E-state index contributed by atoms with van der Waals surface area (Å²) in [7, 11) is 4.01. The van der Waals surface area contributed by atoms with E-state index in [1.807, 2.05) is 43.3 Å². The van der Waals surface area contributed by atoms with Gasteiger partial charge >= 0.3 is 18.9 Å². The van der Waals surface area contributed by atoms with Gasteiger partial charge in [-0.25, -0.2) is 0 Å². The molecular weight excluding hydrogens is 117 g/mol. The van der Waals surface area contributed by atoms with Gasteiger partial charge in [-0.05, 0) is 0 Å². The van der Waals surface area contributed by atoms with Crippen LogP contribution in [0.4, 0.5) is 5.69 Å². The summed E-state index contributed by atoms with van der Waals surface area (Å²) < 4.78 is 0. The van der Waals surface area contributed by atoms with E-state index in [4.69, 9.17) is 0 Å². The second-order valence-electron chi connectivity index (χ2n) is 2.14. The minimum atomic E-state index is 0. The van der Waals surface area contributed by atoms with Crippen LogP contribution in [0.2, 0.25) is 0 Å². The summed E-state index contributed by atoms with van der Waals surface area (Å²) >= 11 is 0. The van der Waals surface area contributed by atoms with Gasteiger partial charge in [-0.2, -0.15) is 24.3 Å². The van der Waals surface area contributed by atoms with E-state index in [9.17, 15) is 0 Å². The summed E-state index contributed by atoms with van der Waals surface area (Å²) in [6.07, 6.45) is 0. The van der Waals surface area contributed by atoms with Crippen molar-refractivity contribution in [2.45, 2.75) is 0 Å². The Morgan fingerprint density at radius 1 is 1.30 bits per heavy atom. The fourth-order valence-corrected chi connectivity index (χ4v) is 0.662. The minimum Gasteiger partial charge on any atom is -0.400 e. The Morgan fingerprint density at radius 2 is 2.00 bits per heavy atom. The third-order valence-electron chi connectivity index (χ3n) is 1.17. The Labute approximate surface area is 74.2 Å². The van der Waals surface area contributed by atoms with Crippen LogP contribution in [-0.4, -0.2) is 14.1 Å². The average molecular weight is 127 g/mol. The Morgan fingerprint density at radius 3 is 2.30 bits per heavy atom. The monoisotopic (exact) mass is 127 g/mol. The molecule has 0 atom stereocenters. The first-order chi connectivity index (χ1) is 4.30. The maximum atomic E-state index is 3.09. The Bertz CT molecular complexity index is 172. The van der Waals surface area contributed by atoms with Crippen LogP contribution in [0.3, 0.4) is 0 Å². The smallest absolute Gasteiger partial charge is 0.400 e. The predicted molar refractivity (Wildman–Crippen MR) is 39.6 cm³/mol. The summed E-state index contributed by atoms with van der Waals surface area (Å²) in [5.41, 5.74) is 1.12. The molecule has 0 aliphatic rings. The van der Waals surface area contributed by atoms with Crippen molar-refractivity contribution < 1.29 is 18.9 Å². The molecule has 48 valence electrons. The van der Waals surface area contributed by atoms with Crippen LogP contribution in [0.25, 0.3) is 0 Å². The Balaban J connectivity index is 0.000000810. The molecule has 0 aliphatic heterocycles. The van der Waals surface area contributed by atoms with Crippen LogP contribution in [0, 0.1) is 6.07 Å². The number of hydrogen-bond donors (Lipinski definition) is 0. The van der Waals surface area contributed by atoms with Crippen LogP contribution < -0.4 is 23.8 Å². The van der Waals surface area contributed by atoms with E-state index in [1.165, 1.54) is 0 Å². The maximum Gasteiger partial charge on any atom is 1.00 e. The molecule has 0 radical (unpaired) electrons. The summed E-state index contributed by atoms with van der Waals surface area (Å²) in [5, 5.41) is 0. The van der Waals surface area contributed by atoms with Crippen molar-refractivity contribution in [1.29, 1.82) is 0 Å². The molecule has 0 N–H and O–H groups in total. The van der Waals surface area contributed by atoms with Crippen LogP contribution in [-0.2, 0) is 0 Å². The topological polar surface area (TPSA) is 3.24 Å². The van der Waals surface area contributed by atoms with E-state index in [1.54, 1.807) is 0 Å². The van der Waals surface area contributed by atoms with E-state index in [0.29, 0.717) is 0 Å². The molecule has 1 aromatic carbocycles. The van der Waals surface area contributed by atoms with E-state index in [2.05, 4.69) is 6.07 Å². The van der Waals surface area contributed by atoms with Gasteiger partial charge in [0, 0.05) is 14.1 Å². The molecule has 0 aromatic heterocycles. The van der Waals surface area contributed by atoms with Crippen molar-refractivity contribution in [3.63, 3.8) is 0 Å². The summed E-state index contributed by atoms with van der Waals surface area (Å²) in [4.78, 5) is 2.03. The quantitative estimate of drug-likeness (QED) is 0.330. The fourth-order valence-electron chi connectivity index (χ4n) is 0.662. The molecule has 0 unspecified atom stereocenters. The molecule has 0 bridgehead atoms. The molecule has 1 nitrogen and oxygen atoms in total. The fraction of sp³-hybridized carbons (Fsp3) is 0.250. The van der Waals surface area contributed by atoms with Crippen molar-refractivity contribution in [1.82, 2.24) is 0 Å². The number of rotatable bonds is 1. The van der Waals surface area contributed by atoms with Crippen molar-refractivity contribution >= 4 is 5.69 Å². The Kier molecular flexibility index (Phi) is 4.27. The third-order valence-corrected chi connectivity index (χ3v) is 1.17. The van der Waals surface area contributed by atoms with Gasteiger partial charge in [0.1, 0.15) is 0 Å². The molecule has 0 heterocycles. The molecule has 0 saturated carbocycles. The second kappa shape index (κ2) is 4.44. The average Bonchev–Trinajstić information content (AvgIpc) is 1.90. The molecule has 0 saturated heterocycles. The van der Waals surface area contributed by atoms with Crippen LogP contribution in [0.15, 0.2) is 24.3 Å². The van der Waals surface area contributed by atoms with Gasteiger partial charge in [-0.1, -0.05) is 5.69 Å². The van der Waals surface area contributed by atoms with E-state index in [-0.39, 0.29) is 18.9 Å². The molecule has 0 fully saturated rings. The van der Waals surface area contributed by atoms with Crippen molar-refractivity contribution in [3.8, 4) is 0 Å². The molecule has 0 spiro atoms. The van der Waals surface area contributed by atoms with Crippen molar-refractivity contribution in [3.05, 3.63) is 30.3 Å². The number of anilines is 1. The molecule has 1 aromatic rings. The second-order valence-corrected chi connectivity index (χ2v) is 2.14. The van der Waals surface area contributed by atoms with E-state index < -0.39 is 0 Å². The van der Waals surface area contributed by atoms with Crippen LogP contribution in [0.5, 0.6) is 0 Å². The zero-order chi connectivity index (χ0) is 6.69. The number of nitrogens with zero attached hydrogens (tertiary/aromatic N) is 1. The van der Waals surface area contributed by atoms with Crippen molar-refractivity contribution in [2.24, 2.45) is 0 Å². The van der Waals surface area contributed by atoms with Crippen LogP contribution in [0.1, 0.15) is 0 Å². The van der Waals surface area contributed by atoms with Gasteiger partial charge in [0.2, 0.25) is 0 Å². The predicted octanol–water partition coefficient (Wildman–Crippen LogP) is -1.44. The van der Waals surface area contributed by atoms with E-state index in [0.717, 1.165) is 5.69 Å². The first kappa shape index (κ1) is 9.62. The first-order valence-electron chi connectivity index (χ1n) is 2.95. The van der Waals surface area contributed by atoms with Gasteiger partial charge in [-0.3, -0.25) is 0 Å². The van der Waals surface area contributed by atoms with Gasteiger partial charge < -0.3 is 4.90 Å². The van der Waals surface area contributed by atoms with Crippen LogP contribution >= 0.6 is 0 Å². The standard InChI is InChI=1S/C8H10N.Li/c1-9(2)8-6-4-3-5-7-8;/h3-6H,1-2H3;/q-1;+1. The normalized spacial score (nSPS) is 8.20. The molecule has 0 amide bonds. The van der Waals surface area contributed by atoms with Gasteiger partial charge in [-0.15, -0.1) is 6.07 Å².